The second kappa shape index (κ2) is 5.05. The molecule has 0 fully saturated rings. The summed E-state index contributed by atoms with van der Waals surface area (Å²) >= 11 is 0. The van der Waals surface area contributed by atoms with E-state index in [1.54, 1.807) is 18.2 Å². The third kappa shape index (κ3) is 4.31. The Labute approximate surface area is 100 Å². The molecule has 0 aliphatic heterocycles. The molecular formula is C10H15N3O3S. The normalized spacial score (nSPS) is 10.8. The Bertz CT molecular complexity index is 540. The quantitative estimate of drug-likeness (QED) is 0.786. The van der Waals surface area contributed by atoms with Crippen LogP contribution in [-0.4, -0.2) is 29.9 Å². The molecule has 0 saturated heterocycles. The van der Waals surface area contributed by atoms with Gasteiger partial charge in [-0.25, -0.2) is 9.00 Å². The van der Waals surface area contributed by atoms with Gasteiger partial charge in [0.05, 0.1) is 22.5 Å². The van der Waals surface area contributed by atoms with E-state index in [2.05, 4.69) is 9.68 Å². The molecule has 94 valence electrons. The Morgan fingerprint density at radius 3 is 2.65 bits per heavy atom. The number of urea groups is 1. The number of amides is 2. The summed E-state index contributed by atoms with van der Waals surface area (Å²) in [5.41, 5.74) is 6.52. The van der Waals surface area contributed by atoms with Crippen LogP contribution in [0.2, 0.25) is 0 Å². The third-order valence-electron chi connectivity index (χ3n) is 1.77. The Balaban J connectivity index is 2.97. The van der Waals surface area contributed by atoms with Crippen LogP contribution in [-0.2, 0) is 9.73 Å². The highest BCUT2D eigenvalue weighted by atomic mass is 32.2. The van der Waals surface area contributed by atoms with E-state index in [0.29, 0.717) is 17.1 Å². The number of carbonyl (C=O) groups excluding carboxylic acids is 1. The van der Waals surface area contributed by atoms with Crippen LogP contribution in [0.25, 0.3) is 0 Å². The Kier molecular flexibility index (Phi) is 3.95. The van der Waals surface area contributed by atoms with Gasteiger partial charge in [-0.15, -0.1) is 4.36 Å². The Morgan fingerprint density at radius 2 is 2.12 bits per heavy atom. The fourth-order valence-electron chi connectivity index (χ4n) is 1.15. The molecule has 0 aliphatic carbocycles. The first-order valence-electron chi connectivity index (χ1n) is 4.73. The maximum absolute atomic E-state index is 11.4. The minimum atomic E-state index is -2.47. The van der Waals surface area contributed by atoms with Crippen molar-refractivity contribution in [1.82, 2.24) is 0 Å². The molecule has 0 bridgehead atoms. The summed E-state index contributed by atoms with van der Waals surface area (Å²) in [7, 11) is -1.01. The highest BCUT2D eigenvalue weighted by Crippen LogP contribution is 2.26. The summed E-state index contributed by atoms with van der Waals surface area (Å²) < 4.78 is 19.9. The number of nitrogen functional groups attached to an aromatic ring is 1. The van der Waals surface area contributed by atoms with Crippen molar-refractivity contribution in [3.05, 3.63) is 18.2 Å². The first-order chi connectivity index (χ1) is 7.81. The maximum Gasteiger partial charge on any atom is 0.353 e. The molecule has 17 heavy (non-hydrogen) atoms. The first kappa shape index (κ1) is 13.3. The molecule has 1 aromatic rings. The zero-order valence-electron chi connectivity index (χ0n) is 9.89. The van der Waals surface area contributed by atoms with Gasteiger partial charge in [0.25, 0.3) is 0 Å². The van der Waals surface area contributed by atoms with E-state index in [-0.39, 0.29) is 0 Å². The molecule has 0 aromatic heterocycles. The molecule has 6 nitrogen and oxygen atoms in total. The van der Waals surface area contributed by atoms with Gasteiger partial charge < -0.3 is 15.8 Å². The van der Waals surface area contributed by atoms with Crippen LogP contribution in [0.1, 0.15) is 0 Å². The SMILES string of the molecule is COc1cc(N)ccc1NC(=O)N=S(C)(C)=O. The van der Waals surface area contributed by atoms with Crippen LogP contribution >= 0.6 is 0 Å². The Morgan fingerprint density at radius 1 is 1.47 bits per heavy atom. The smallest absolute Gasteiger partial charge is 0.353 e. The van der Waals surface area contributed by atoms with Crippen LogP contribution < -0.4 is 15.8 Å². The summed E-state index contributed by atoms with van der Waals surface area (Å²) in [5, 5.41) is 2.48. The van der Waals surface area contributed by atoms with E-state index in [1.807, 2.05) is 0 Å². The molecule has 1 rings (SSSR count). The van der Waals surface area contributed by atoms with Crippen molar-refractivity contribution in [2.75, 3.05) is 30.7 Å². The molecule has 3 N–H and O–H groups in total. The predicted molar refractivity (Wildman–Crippen MR) is 68.8 cm³/mol. The van der Waals surface area contributed by atoms with Gasteiger partial charge in [-0.3, -0.25) is 0 Å². The summed E-state index contributed by atoms with van der Waals surface area (Å²) in [6, 6.07) is 4.11. The molecule has 0 unspecified atom stereocenters. The summed E-state index contributed by atoms with van der Waals surface area (Å²) in [4.78, 5) is 11.4. The number of benzene rings is 1. The van der Waals surface area contributed by atoms with Gasteiger partial charge in [0.2, 0.25) is 0 Å². The van der Waals surface area contributed by atoms with Crippen molar-refractivity contribution in [2.45, 2.75) is 0 Å². The Hall–Kier alpha value is -1.76. The molecule has 2 amide bonds. The van der Waals surface area contributed by atoms with Crippen LogP contribution in [0.3, 0.4) is 0 Å². The van der Waals surface area contributed by atoms with Crippen LogP contribution in [0.5, 0.6) is 5.75 Å². The highest BCUT2D eigenvalue weighted by Gasteiger charge is 2.07. The van der Waals surface area contributed by atoms with Gasteiger partial charge in [-0.05, 0) is 12.1 Å². The average molecular weight is 257 g/mol. The topological polar surface area (TPSA) is 93.8 Å². The van der Waals surface area contributed by atoms with Gasteiger partial charge in [-0.2, -0.15) is 0 Å². The van der Waals surface area contributed by atoms with E-state index in [4.69, 9.17) is 10.5 Å². The molecule has 0 atom stereocenters. The van der Waals surface area contributed by atoms with Crippen molar-refractivity contribution < 1.29 is 13.7 Å². The summed E-state index contributed by atoms with van der Waals surface area (Å²) in [6.07, 6.45) is 2.76. The number of nitrogens with two attached hydrogens (primary N) is 1. The van der Waals surface area contributed by atoms with Crippen LogP contribution in [0, 0.1) is 0 Å². The van der Waals surface area contributed by atoms with Gasteiger partial charge in [0.15, 0.2) is 0 Å². The van der Waals surface area contributed by atoms with E-state index in [0.717, 1.165) is 0 Å². The highest BCUT2D eigenvalue weighted by molar-refractivity contribution is 7.92. The molecule has 0 saturated carbocycles. The van der Waals surface area contributed by atoms with E-state index in [9.17, 15) is 9.00 Å². The second-order valence-corrected chi connectivity index (χ2v) is 6.21. The van der Waals surface area contributed by atoms with Gasteiger partial charge in [-0.1, -0.05) is 0 Å². The fraction of sp³-hybridized carbons (Fsp3) is 0.300. The first-order valence-corrected chi connectivity index (χ1v) is 7.06. The largest absolute Gasteiger partial charge is 0.494 e. The molecule has 0 aliphatic rings. The molecule has 1 aromatic carbocycles. The number of ether oxygens (including phenoxy) is 1. The van der Waals surface area contributed by atoms with Crippen LogP contribution in [0.4, 0.5) is 16.2 Å². The number of nitrogens with zero attached hydrogens (tertiary/aromatic N) is 1. The lowest BCUT2D eigenvalue weighted by atomic mass is 10.2. The molecule has 0 spiro atoms. The van der Waals surface area contributed by atoms with Gasteiger partial charge >= 0.3 is 6.03 Å². The van der Waals surface area contributed by atoms with E-state index >= 15 is 0 Å². The number of rotatable bonds is 2. The summed E-state index contributed by atoms with van der Waals surface area (Å²) in [6.45, 7) is 0. The number of carbonyl (C=O) groups is 1. The molecule has 0 radical (unpaired) electrons. The van der Waals surface area contributed by atoms with Gasteiger partial charge in [0, 0.05) is 24.3 Å². The molecule has 0 heterocycles. The zero-order chi connectivity index (χ0) is 13.1. The number of hydrogen-bond donors (Lipinski definition) is 2. The van der Waals surface area contributed by atoms with Crippen molar-refractivity contribution in [1.29, 1.82) is 0 Å². The van der Waals surface area contributed by atoms with Crippen molar-refractivity contribution >= 4 is 27.1 Å². The lowest BCUT2D eigenvalue weighted by molar-refractivity contribution is 0.260. The zero-order valence-corrected chi connectivity index (χ0v) is 10.7. The lowest BCUT2D eigenvalue weighted by Gasteiger charge is -2.09. The number of hydrogen-bond acceptors (Lipinski definition) is 4. The lowest BCUT2D eigenvalue weighted by Crippen LogP contribution is -2.10. The van der Waals surface area contributed by atoms with Crippen LogP contribution in [0.15, 0.2) is 22.6 Å². The average Bonchev–Trinajstić information content (AvgIpc) is 2.17. The molecule has 7 heteroatoms. The van der Waals surface area contributed by atoms with Gasteiger partial charge in [0.1, 0.15) is 5.75 Å². The van der Waals surface area contributed by atoms with Crippen molar-refractivity contribution in [3.63, 3.8) is 0 Å². The predicted octanol–water partition coefficient (Wildman–Crippen LogP) is 1.54. The number of methoxy groups -OCH3 is 1. The minimum absolute atomic E-state index is 0.423. The monoisotopic (exact) mass is 257 g/mol. The maximum atomic E-state index is 11.4. The standard InChI is InChI=1S/C10H15N3O3S/c1-16-9-6-7(11)4-5-8(9)12-10(14)13-17(2,3)15/h4-6H,11H2,1-3H3,(H,12,14). The van der Waals surface area contributed by atoms with E-state index < -0.39 is 15.8 Å². The van der Waals surface area contributed by atoms with E-state index in [1.165, 1.54) is 19.6 Å². The third-order valence-corrected chi connectivity index (χ3v) is 2.38. The molecular weight excluding hydrogens is 242 g/mol. The second-order valence-electron chi connectivity index (χ2n) is 3.66. The number of anilines is 2. The summed E-state index contributed by atoms with van der Waals surface area (Å²) in [5.74, 6) is 0.423. The minimum Gasteiger partial charge on any atom is -0.494 e. The van der Waals surface area contributed by atoms with Crippen molar-refractivity contribution in [3.8, 4) is 5.75 Å². The van der Waals surface area contributed by atoms with Crippen molar-refractivity contribution in [2.24, 2.45) is 4.36 Å². The fourth-order valence-corrected chi connectivity index (χ4v) is 1.59. The number of nitrogens with one attached hydrogen (secondary N) is 1.